The van der Waals surface area contributed by atoms with Gasteiger partial charge in [-0.3, -0.25) is 9.69 Å². The molecule has 4 nitrogen and oxygen atoms in total. The first-order chi connectivity index (χ1) is 13.4. The van der Waals surface area contributed by atoms with Crippen LogP contribution in [0.3, 0.4) is 0 Å². The highest BCUT2D eigenvalue weighted by molar-refractivity contribution is 9.10. The predicted octanol–water partition coefficient (Wildman–Crippen LogP) is 5.57. The van der Waals surface area contributed by atoms with Crippen molar-refractivity contribution in [2.24, 2.45) is 0 Å². The number of carbonyl (C=O) groups excluding carboxylic acids is 1. The van der Waals surface area contributed by atoms with Crippen molar-refractivity contribution in [1.82, 2.24) is 4.90 Å². The molecule has 0 aromatic heterocycles. The van der Waals surface area contributed by atoms with Crippen LogP contribution >= 0.6 is 39.9 Å². The Morgan fingerprint density at radius 1 is 1.21 bits per heavy atom. The largest absolute Gasteiger partial charge is 0.493 e. The average Bonchev–Trinajstić information content (AvgIpc) is 2.95. The SMILES string of the molecule is CCN1C(=O)C(=Cc2cc(OC)c(OCc3ccc(C)cc3)cc2Br)SC1=S. The lowest BCUT2D eigenvalue weighted by atomic mass is 10.1. The first-order valence-electron chi connectivity index (χ1n) is 8.74. The van der Waals surface area contributed by atoms with Crippen LogP contribution in [-0.4, -0.2) is 28.8 Å². The van der Waals surface area contributed by atoms with E-state index in [4.69, 9.17) is 21.7 Å². The van der Waals surface area contributed by atoms with Crippen LogP contribution in [0.25, 0.3) is 6.08 Å². The first kappa shape index (κ1) is 20.9. The van der Waals surface area contributed by atoms with Gasteiger partial charge in [0.2, 0.25) is 0 Å². The van der Waals surface area contributed by atoms with Gasteiger partial charge < -0.3 is 9.47 Å². The van der Waals surface area contributed by atoms with Crippen molar-refractivity contribution in [2.45, 2.75) is 20.5 Å². The summed E-state index contributed by atoms with van der Waals surface area (Å²) in [6.07, 6.45) is 1.82. The molecule has 0 atom stereocenters. The fourth-order valence-corrected chi connectivity index (χ4v) is 4.50. The molecule has 0 unspecified atom stereocenters. The summed E-state index contributed by atoms with van der Waals surface area (Å²) in [6.45, 7) is 4.97. The molecule has 1 amide bonds. The Balaban J connectivity index is 1.83. The molecule has 1 saturated heterocycles. The number of thiocarbonyl (C=S) groups is 1. The molecule has 0 spiro atoms. The maximum atomic E-state index is 12.4. The second-order valence-electron chi connectivity index (χ2n) is 6.22. The number of thioether (sulfide) groups is 1. The van der Waals surface area contributed by atoms with Crippen molar-refractivity contribution in [3.8, 4) is 11.5 Å². The van der Waals surface area contributed by atoms with Crippen molar-refractivity contribution < 1.29 is 14.3 Å². The minimum Gasteiger partial charge on any atom is -0.493 e. The van der Waals surface area contributed by atoms with E-state index in [-0.39, 0.29) is 5.91 Å². The summed E-state index contributed by atoms with van der Waals surface area (Å²) >= 11 is 10.2. The van der Waals surface area contributed by atoms with E-state index in [1.54, 1.807) is 12.0 Å². The molecule has 0 saturated carbocycles. The van der Waals surface area contributed by atoms with Crippen LogP contribution in [0.1, 0.15) is 23.6 Å². The third-order valence-electron chi connectivity index (χ3n) is 4.27. The van der Waals surface area contributed by atoms with Crippen LogP contribution in [0.4, 0.5) is 0 Å². The summed E-state index contributed by atoms with van der Waals surface area (Å²) in [6, 6.07) is 11.9. The minimum atomic E-state index is -0.0666. The van der Waals surface area contributed by atoms with Gasteiger partial charge in [-0.1, -0.05) is 69.7 Å². The van der Waals surface area contributed by atoms with E-state index >= 15 is 0 Å². The summed E-state index contributed by atoms with van der Waals surface area (Å²) in [5.41, 5.74) is 3.12. The molecule has 2 aromatic rings. The number of benzene rings is 2. The number of carbonyl (C=O) groups is 1. The van der Waals surface area contributed by atoms with Crippen LogP contribution < -0.4 is 9.47 Å². The molecular formula is C21H20BrNO3S2. The number of hydrogen-bond donors (Lipinski definition) is 0. The molecule has 28 heavy (non-hydrogen) atoms. The van der Waals surface area contributed by atoms with Gasteiger partial charge in [-0.05, 0) is 43.2 Å². The van der Waals surface area contributed by atoms with Gasteiger partial charge in [0.15, 0.2) is 11.5 Å². The molecular weight excluding hydrogens is 458 g/mol. The number of amides is 1. The molecule has 146 valence electrons. The predicted molar refractivity (Wildman–Crippen MR) is 122 cm³/mol. The third kappa shape index (κ3) is 4.59. The van der Waals surface area contributed by atoms with Gasteiger partial charge in [-0.2, -0.15) is 0 Å². The Morgan fingerprint density at radius 2 is 1.93 bits per heavy atom. The molecule has 3 rings (SSSR count). The summed E-state index contributed by atoms with van der Waals surface area (Å²) in [4.78, 5) is 14.6. The molecule has 0 aliphatic carbocycles. The second-order valence-corrected chi connectivity index (χ2v) is 8.75. The maximum Gasteiger partial charge on any atom is 0.266 e. The third-order valence-corrected chi connectivity index (χ3v) is 6.34. The van der Waals surface area contributed by atoms with Gasteiger partial charge in [0.05, 0.1) is 12.0 Å². The van der Waals surface area contributed by atoms with Gasteiger partial charge in [0, 0.05) is 11.0 Å². The highest BCUT2D eigenvalue weighted by Crippen LogP contribution is 2.38. The number of hydrogen-bond acceptors (Lipinski definition) is 5. The molecule has 1 aliphatic rings. The lowest BCUT2D eigenvalue weighted by Crippen LogP contribution is -2.27. The van der Waals surface area contributed by atoms with E-state index in [1.165, 1.54) is 17.3 Å². The number of likely N-dealkylation sites (N-methyl/N-ethyl adjacent to an activating group) is 1. The van der Waals surface area contributed by atoms with Crippen molar-refractivity contribution >= 4 is 56.2 Å². The lowest BCUT2D eigenvalue weighted by Gasteiger charge is -2.13. The van der Waals surface area contributed by atoms with E-state index in [1.807, 2.05) is 37.3 Å². The zero-order valence-electron chi connectivity index (χ0n) is 15.8. The number of ether oxygens (including phenoxy) is 2. The van der Waals surface area contributed by atoms with Crippen LogP contribution in [0, 0.1) is 6.92 Å². The minimum absolute atomic E-state index is 0.0666. The van der Waals surface area contributed by atoms with E-state index in [0.717, 1.165) is 15.6 Å². The van der Waals surface area contributed by atoms with Gasteiger partial charge in [0.25, 0.3) is 5.91 Å². The van der Waals surface area contributed by atoms with Crippen LogP contribution in [0.5, 0.6) is 11.5 Å². The fourth-order valence-electron chi connectivity index (χ4n) is 2.69. The van der Waals surface area contributed by atoms with E-state index in [0.29, 0.717) is 33.9 Å². The number of halogens is 1. The summed E-state index contributed by atoms with van der Waals surface area (Å²) in [5.74, 6) is 1.17. The fraction of sp³-hybridized carbons (Fsp3) is 0.238. The molecule has 0 bridgehead atoms. The molecule has 2 aromatic carbocycles. The van der Waals surface area contributed by atoms with Crippen molar-refractivity contribution in [3.63, 3.8) is 0 Å². The maximum absolute atomic E-state index is 12.4. The molecule has 7 heteroatoms. The van der Waals surface area contributed by atoms with Crippen LogP contribution in [-0.2, 0) is 11.4 Å². The Morgan fingerprint density at radius 3 is 2.54 bits per heavy atom. The van der Waals surface area contributed by atoms with Crippen LogP contribution in [0.15, 0.2) is 45.8 Å². The molecule has 0 N–H and O–H groups in total. The van der Waals surface area contributed by atoms with Crippen molar-refractivity contribution in [2.75, 3.05) is 13.7 Å². The quantitative estimate of drug-likeness (QED) is 0.401. The monoisotopic (exact) mass is 477 g/mol. The topological polar surface area (TPSA) is 38.8 Å². The smallest absolute Gasteiger partial charge is 0.266 e. The molecule has 0 radical (unpaired) electrons. The Kier molecular flexibility index (Phi) is 6.80. The Bertz CT molecular complexity index is 941. The first-order valence-corrected chi connectivity index (χ1v) is 10.8. The zero-order valence-corrected chi connectivity index (χ0v) is 19.0. The van der Waals surface area contributed by atoms with Gasteiger partial charge in [0.1, 0.15) is 10.9 Å². The highest BCUT2D eigenvalue weighted by atomic mass is 79.9. The zero-order chi connectivity index (χ0) is 20.3. The van der Waals surface area contributed by atoms with Gasteiger partial charge >= 0.3 is 0 Å². The van der Waals surface area contributed by atoms with E-state index < -0.39 is 0 Å². The average molecular weight is 478 g/mol. The lowest BCUT2D eigenvalue weighted by molar-refractivity contribution is -0.121. The highest BCUT2D eigenvalue weighted by Gasteiger charge is 2.30. The number of nitrogens with zero attached hydrogens (tertiary/aromatic N) is 1. The summed E-state index contributed by atoms with van der Waals surface area (Å²) in [7, 11) is 1.60. The number of methoxy groups -OCH3 is 1. The van der Waals surface area contributed by atoms with Gasteiger partial charge in [-0.25, -0.2) is 0 Å². The van der Waals surface area contributed by atoms with Crippen LogP contribution in [0.2, 0.25) is 0 Å². The number of aryl methyl sites for hydroxylation is 1. The molecule has 1 heterocycles. The standard InChI is InChI=1S/C21H20BrNO3S2/c1-4-23-20(24)19(28-21(23)27)10-15-9-17(25-3)18(11-16(15)22)26-12-14-7-5-13(2)6-8-14/h5-11H,4,12H2,1-3H3. The molecule has 1 aliphatic heterocycles. The summed E-state index contributed by atoms with van der Waals surface area (Å²) < 4.78 is 12.9. The molecule has 1 fully saturated rings. The van der Waals surface area contributed by atoms with E-state index in [9.17, 15) is 4.79 Å². The number of rotatable bonds is 6. The van der Waals surface area contributed by atoms with Crippen molar-refractivity contribution in [3.05, 3.63) is 62.5 Å². The van der Waals surface area contributed by atoms with Gasteiger partial charge in [-0.15, -0.1) is 0 Å². The Labute approximate surface area is 183 Å². The van der Waals surface area contributed by atoms with Crippen molar-refractivity contribution in [1.29, 1.82) is 0 Å². The van der Waals surface area contributed by atoms with E-state index in [2.05, 4.69) is 35.0 Å². The Hall–Kier alpha value is -1.83. The normalized spacial score (nSPS) is 15.4. The summed E-state index contributed by atoms with van der Waals surface area (Å²) in [5, 5.41) is 0. The second kappa shape index (κ2) is 9.11.